The molecule has 0 spiro atoms. The number of nitrogens with zero attached hydrogens (tertiary/aromatic N) is 2. The van der Waals surface area contributed by atoms with Crippen LogP contribution in [-0.2, 0) is 10.2 Å². The van der Waals surface area contributed by atoms with Gasteiger partial charge in [0.05, 0.1) is 7.11 Å². The van der Waals surface area contributed by atoms with Crippen LogP contribution in [-0.4, -0.2) is 70.5 Å². The first-order valence-electron chi connectivity index (χ1n) is 11.6. The normalized spacial score (nSPS) is 21.8. The Bertz CT molecular complexity index is 662. The maximum atomic E-state index is 5.67. The molecular formula is C24H41IN4O2. The molecule has 2 heterocycles. The topological polar surface area (TPSA) is 58.1 Å². The van der Waals surface area contributed by atoms with Gasteiger partial charge in [0, 0.05) is 51.4 Å². The van der Waals surface area contributed by atoms with E-state index in [4.69, 9.17) is 9.47 Å². The van der Waals surface area contributed by atoms with Crippen LogP contribution in [0.1, 0.15) is 51.0 Å². The standard InChI is InChI=1S/C24H40N4O2.HI/c1-4-21-7-5-6-15-28(21)16-14-26-23(25-2)27-19-24(12-17-30-18-13-24)20-8-10-22(29-3)11-9-20;/h8-11,21H,4-7,12-19H2,1-3H3,(H2,25,26,27);1H. The first kappa shape index (κ1) is 26.2. The van der Waals surface area contributed by atoms with E-state index in [1.54, 1.807) is 7.11 Å². The second kappa shape index (κ2) is 13.5. The van der Waals surface area contributed by atoms with Crippen LogP contribution in [0, 0.1) is 0 Å². The van der Waals surface area contributed by atoms with Gasteiger partial charge in [-0.3, -0.25) is 9.89 Å². The van der Waals surface area contributed by atoms with Gasteiger partial charge >= 0.3 is 0 Å². The monoisotopic (exact) mass is 544 g/mol. The van der Waals surface area contributed by atoms with Crippen LogP contribution in [0.2, 0.25) is 0 Å². The second-order valence-corrected chi connectivity index (χ2v) is 8.57. The number of ether oxygens (including phenoxy) is 2. The van der Waals surface area contributed by atoms with Crippen LogP contribution in [0.25, 0.3) is 0 Å². The molecule has 2 aliphatic rings. The number of hydrogen-bond acceptors (Lipinski definition) is 4. The Morgan fingerprint density at radius 1 is 1.19 bits per heavy atom. The van der Waals surface area contributed by atoms with Crippen molar-refractivity contribution in [3.8, 4) is 5.75 Å². The predicted octanol–water partition coefficient (Wildman–Crippen LogP) is 3.79. The number of hydrogen-bond donors (Lipinski definition) is 2. The van der Waals surface area contributed by atoms with E-state index < -0.39 is 0 Å². The molecule has 2 aliphatic heterocycles. The number of halogens is 1. The average Bonchev–Trinajstić information content (AvgIpc) is 2.82. The third-order valence-electron chi connectivity index (χ3n) is 6.88. The summed E-state index contributed by atoms with van der Waals surface area (Å²) < 4.78 is 11.0. The lowest BCUT2D eigenvalue weighted by Crippen LogP contribution is -2.50. The SMILES string of the molecule is CCC1CCCCN1CCNC(=NC)NCC1(c2ccc(OC)cc2)CCOCC1.I. The lowest BCUT2D eigenvalue weighted by molar-refractivity contribution is 0.0513. The fourth-order valence-corrected chi connectivity index (χ4v) is 4.88. The highest BCUT2D eigenvalue weighted by Gasteiger charge is 2.34. The Hall–Kier alpha value is -1.06. The molecule has 3 rings (SSSR count). The van der Waals surface area contributed by atoms with Crippen molar-refractivity contribution in [2.75, 3.05) is 53.6 Å². The minimum Gasteiger partial charge on any atom is -0.497 e. The van der Waals surface area contributed by atoms with Crippen molar-refractivity contribution >= 4 is 29.9 Å². The summed E-state index contributed by atoms with van der Waals surface area (Å²) in [4.78, 5) is 7.11. The Balaban J connectivity index is 0.00000341. The van der Waals surface area contributed by atoms with E-state index in [1.165, 1.54) is 37.8 Å². The lowest BCUT2D eigenvalue weighted by atomic mass is 9.74. The van der Waals surface area contributed by atoms with Gasteiger partial charge in [-0.25, -0.2) is 0 Å². The van der Waals surface area contributed by atoms with Crippen LogP contribution in [0.4, 0.5) is 0 Å². The summed E-state index contributed by atoms with van der Waals surface area (Å²) >= 11 is 0. The van der Waals surface area contributed by atoms with Gasteiger partial charge in [0.1, 0.15) is 5.75 Å². The molecule has 0 saturated carbocycles. The van der Waals surface area contributed by atoms with Gasteiger partial charge in [-0.05, 0) is 56.3 Å². The molecule has 0 aliphatic carbocycles. The van der Waals surface area contributed by atoms with Crippen LogP contribution < -0.4 is 15.4 Å². The molecule has 6 nitrogen and oxygen atoms in total. The van der Waals surface area contributed by atoms with Gasteiger partial charge in [0.15, 0.2) is 5.96 Å². The molecule has 2 N–H and O–H groups in total. The van der Waals surface area contributed by atoms with E-state index in [-0.39, 0.29) is 29.4 Å². The molecule has 1 unspecified atom stereocenters. The van der Waals surface area contributed by atoms with E-state index >= 15 is 0 Å². The Kier molecular flexibility index (Phi) is 11.4. The first-order valence-corrected chi connectivity index (χ1v) is 11.6. The van der Waals surface area contributed by atoms with Crippen LogP contribution >= 0.6 is 24.0 Å². The van der Waals surface area contributed by atoms with Crippen molar-refractivity contribution < 1.29 is 9.47 Å². The van der Waals surface area contributed by atoms with E-state index in [0.717, 1.165) is 63.4 Å². The fraction of sp³-hybridized carbons (Fsp3) is 0.708. The quantitative estimate of drug-likeness (QED) is 0.297. The van der Waals surface area contributed by atoms with Gasteiger partial charge < -0.3 is 20.1 Å². The smallest absolute Gasteiger partial charge is 0.191 e. The minimum absolute atomic E-state index is 0. The summed E-state index contributed by atoms with van der Waals surface area (Å²) in [5.74, 6) is 1.79. The molecular weight excluding hydrogens is 503 g/mol. The molecule has 2 saturated heterocycles. The molecule has 1 aromatic carbocycles. The summed E-state index contributed by atoms with van der Waals surface area (Å²) in [6, 6.07) is 9.26. The second-order valence-electron chi connectivity index (χ2n) is 8.57. The van der Waals surface area contributed by atoms with Crippen LogP contribution in [0.5, 0.6) is 5.75 Å². The van der Waals surface area contributed by atoms with Crippen LogP contribution in [0.15, 0.2) is 29.3 Å². The Morgan fingerprint density at radius 3 is 2.58 bits per heavy atom. The fourth-order valence-electron chi connectivity index (χ4n) is 4.88. The van der Waals surface area contributed by atoms with E-state index in [9.17, 15) is 0 Å². The number of methoxy groups -OCH3 is 1. The third-order valence-corrected chi connectivity index (χ3v) is 6.88. The summed E-state index contributed by atoms with van der Waals surface area (Å²) in [6.07, 6.45) is 7.32. The zero-order valence-corrected chi connectivity index (χ0v) is 21.8. The first-order chi connectivity index (χ1) is 14.7. The zero-order chi connectivity index (χ0) is 21.2. The molecule has 176 valence electrons. The van der Waals surface area contributed by atoms with Gasteiger partial charge in [0.25, 0.3) is 0 Å². The van der Waals surface area contributed by atoms with Crippen molar-refractivity contribution in [3.63, 3.8) is 0 Å². The highest BCUT2D eigenvalue weighted by Crippen LogP contribution is 2.35. The number of nitrogens with one attached hydrogen (secondary N) is 2. The molecule has 1 atom stereocenters. The van der Waals surface area contributed by atoms with Crippen molar-refractivity contribution in [2.45, 2.75) is 56.9 Å². The predicted molar refractivity (Wildman–Crippen MR) is 139 cm³/mol. The van der Waals surface area contributed by atoms with E-state index in [0.29, 0.717) is 0 Å². The summed E-state index contributed by atoms with van der Waals surface area (Å²) in [5, 5.41) is 7.14. The Labute approximate surface area is 205 Å². The molecule has 2 fully saturated rings. The van der Waals surface area contributed by atoms with Gasteiger partial charge in [-0.15, -0.1) is 24.0 Å². The van der Waals surface area contributed by atoms with Crippen molar-refractivity contribution in [1.29, 1.82) is 0 Å². The molecule has 0 radical (unpaired) electrons. The van der Waals surface area contributed by atoms with Crippen molar-refractivity contribution in [2.24, 2.45) is 4.99 Å². The summed E-state index contributed by atoms with van der Waals surface area (Å²) in [5.41, 5.74) is 1.40. The van der Waals surface area contributed by atoms with E-state index in [2.05, 4.69) is 51.7 Å². The highest BCUT2D eigenvalue weighted by molar-refractivity contribution is 14.0. The molecule has 1 aromatic rings. The third kappa shape index (κ3) is 7.22. The Morgan fingerprint density at radius 2 is 1.94 bits per heavy atom. The van der Waals surface area contributed by atoms with Gasteiger partial charge in [-0.2, -0.15) is 0 Å². The average molecular weight is 545 g/mol. The molecule has 0 amide bonds. The number of rotatable bonds is 8. The number of aliphatic imine (C=N–C) groups is 1. The van der Waals surface area contributed by atoms with Gasteiger partial charge in [-0.1, -0.05) is 25.5 Å². The van der Waals surface area contributed by atoms with E-state index in [1.807, 2.05) is 7.05 Å². The number of benzene rings is 1. The summed E-state index contributed by atoms with van der Waals surface area (Å²) in [7, 11) is 3.57. The lowest BCUT2D eigenvalue weighted by Gasteiger charge is -2.38. The number of guanidine groups is 1. The minimum atomic E-state index is 0. The van der Waals surface area contributed by atoms with Crippen molar-refractivity contribution in [3.05, 3.63) is 29.8 Å². The maximum Gasteiger partial charge on any atom is 0.191 e. The molecule has 31 heavy (non-hydrogen) atoms. The molecule has 0 aromatic heterocycles. The maximum absolute atomic E-state index is 5.67. The molecule has 7 heteroatoms. The largest absolute Gasteiger partial charge is 0.497 e. The number of likely N-dealkylation sites (tertiary alicyclic amines) is 1. The van der Waals surface area contributed by atoms with Gasteiger partial charge in [0.2, 0.25) is 0 Å². The number of piperidine rings is 1. The zero-order valence-electron chi connectivity index (χ0n) is 19.5. The molecule has 0 bridgehead atoms. The summed E-state index contributed by atoms with van der Waals surface area (Å²) in [6.45, 7) is 7.99. The van der Waals surface area contributed by atoms with Crippen molar-refractivity contribution in [1.82, 2.24) is 15.5 Å². The highest BCUT2D eigenvalue weighted by atomic mass is 127. The van der Waals surface area contributed by atoms with Crippen LogP contribution in [0.3, 0.4) is 0 Å².